The SMILES string of the molecule is CC(C)(CNC(=O)CNC(=O)CN)c1ccccc1. The highest BCUT2D eigenvalue weighted by molar-refractivity contribution is 5.85. The van der Waals surface area contributed by atoms with Crippen LogP contribution in [0.15, 0.2) is 30.3 Å². The second-order valence-electron chi connectivity index (χ2n) is 5.01. The van der Waals surface area contributed by atoms with Crippen molar-refractivity contribution < 1.29 is 9.59 Å². The molecule has 1 aromatic carbocycles. The van der Waals surface area contributed by atoms with Crippen LogP contribution in [0.2, 0.25) is 0 Å². The molecule has 0 spiro atoms. The summed E-state index contributed by atoms with van der Waals surface area (Å²) in [5, 5.41) is 5.24. The van der Waals surface area contributed by atoms with Gasteiger partial charge < -0.3 is 16.4 Å². The van der Waals surface area contributed by atoms with Crippen LogP contribution in [0.3, 0.4) is 0 Å². The van der Waals surface area contributed by atoms with E-state index in [1.807, 2.05) is 30.3 Å². The average Bonchev–Trinajstić information content (AvgIpc) is 2.43. The zero-order chi connectivity index (χ0) is 14.3. The first-order valence-electron chi connectivity index (χ1n) is 6.24. The molecule has 0 unspecified atom stereocenters. The highest BCUT2D eigenvalue weighted by atomic mass is 16.2. The van der Waals surface area contributed by atoms with Gasteiger partial charge in [-0.1, -0.05) is 44.2 Å². The Morgan fingerprint density at radius 2 is 1.74 bits per heavy atom. The van der Waals surface area contributed by atoms with Gasteiger partial charge in [0, 0.05) is 12.0 Å². The molecule has 5 heteroatoms. The summed E-state index contributed by atoms with van der Waals surface area (Å²) in [7, 11) is 0. The lowest BCUT2D eigenvalue weighted by Gasteiger charge is -2.25. The van der Waals surface area contributed by atoms with Crippen molar-refractivity contribution in [3.63, 3.8) is 0 Å². The number of nitrogens with one attached hydrogen (secondary N) is 2. The third-order valence-corrected chi connectivity index (χ3v) is 2.91. The lowest BCUT2D eigenvalue weighted by Crippen LogP contribution is -2.43. The Balaban J connectivity index is 2.43. The second-order valence-corrected chi connectivity index (χ2v) is 5.01. The second kappa shape index (κ2) is 6.89. The molecule has 19 heavy (non-hydrogen) atoms. The third-order valence-electron chi connectivity index (χ3n) is 2.91. The minimum Gasteiger partial charge on any atom is -0.354 e. The summed E-state index contributed by atoms with van der Waals surface area (Å²) in [5.41, 5.74) is 6.13. The molecule has 0 fully saturated rings. The van der Waals surface area contributed by atoms with Crippen LogP contribution in [-0.2, 0) is 15.0 Å². The number of amides is 2. The van der Waals surface area contributed by atoms with Crippen LogP contribution in [0.4, 0.5) is 0 Å². The van der Waals surface area contributed by atoms with E-state index in [2.05, 4.69) is 24.5 Å². The van der Waals surface area contributed by atoms with E-state index in [9.17, 15) is 9.59 Å². The maximum absolute atomic E-state index is 11.6. The van der Waals surface area contributed by atoms with Crippen LogP contribution < -0.4 is 16.4 Å². The molecule has 1 rings (SSSR count). The maximum Gasteiger partial charge on any atom is 0.239 e. The van der Waals surface area contributed by atoms with E-state index in [4.69, 9.17) is 5.73 Å². The van der Waals surface area contributed by atoms with Gasteiger partial charge in [-0.05, 0) is 5.56 Å². The standard InChI is InChI=1S/C14H21N3O2/c1-14(2,11-6-4-3-5-7-11)10-17-13(19)9-16-12(18)8-15/h3-7H,8-10,15H2,1-2H3,(H,16,18)(H,17,19). The molecule has 0 aliphatic carbocycles. The van der Waals surface area contributed by atoms with Crippen molar-refractivity contribution >= 4 is 11.8 Å². The van der Waals surface area contributed by atoms with Gasteiger partial charge in [0.2, 0.25) is 11.8 Å². The van der Waals surface area contributed by atoms with Crippen molar-refractivity contribution in [1.82, 2.24) is 10.6 Å². The number of hydrogen-bond donors (Lipinski definition) is 3. The molecular weight excluding hydrogens is 242 g/mol. The summed E-state index contributed by atoms with van der Waals surface area (Å²) in [6, 6.07) is 9.96. The molecule has 0 bridgehead atoms. The first-order chi connectivity index (χ1) is 8.95. The molecule has 0 saturated heterocycles. The molecular formula is C14H21N3O2. The van der Waals surface area contributed by atoms with Crippen LogP contribution in [0, 0.1) is 0 Å². The molecule has 0 aromatic heterocycles. The minimum atomic E-state index is -0.336. The summed E-state index contributed by atoms with van der Waals surface area (Å²) in [6.45, 7) is 4.47. The molecule has 0 saturated carbocycles. The summed E-state index contributed by atoms with van der Waals surface area (Å²) >= 11 is 0. The summed E-state index contributed by atoms with van der Waals surface area (Å²) in [4.78, 5) is 22.5. The molecule has 0 heterocycles. The highest BCUT2D eigenvalue weighted by Gasteiger charge is 2.20. The molecule has 5 nitrogen and oxygen atoms in total. The number of benzene rings is 1. The van der Waals surface area contributed by atoms with Gasteiger partial charge in [-0.25, -0.2) is 0 Å². The maximum atomic E-state index is 11.6. The van der Waals surface area contributed by atoms with E-state index < -0.39 is 0 Å². The van der Waals surface area contributed by atoms with Crippen LogP contribution in [0.1, 0.15) is 19.4 Å². The quantitative estimate of drug-likeness (QED) is 0.683. The van der Waals surface area contributed by atoms with Crippen LogP contribution >= 0.6 is 0 Å². The van der Waals surface area contributed by atoms with Gasteiger partial charge in [0.15, 0.2) is 0 Å². The largest absolute Gasteiger partial charge is 0.354 e. The zero-order valence-corrected chi connectivity index (χ0v) is 11.4. The predicted octanol–water partition coefficient (Wildman–Crippen LogP) is 0.155. The van der Waals surface area contributed by atoms with Crippen LogP contribution in [-0.4, -0.2) is 31.4 Å². The van der Waals surface area contributed by atoms with Gasteiger partial charge >= 0.3 is 0 Å². The Bertz CT molecular complexity index is 430. The molecule has 2 amide bonds. The zero-order valence-electron chi connectivity index (χ0n) is 11.4. The summed E-state index contributed by atoms with van der Waals surface area (Å²) < 4.78 is 0. The summed E-state index contributed by atoms with van der Waals surface area (Å²) in [5.74, 6) is -0.553. The van der Waals surface area contributed by atoms with Gasteiger partial charge in [-0.3, -0.25) is 9.59 Å². The lowest BCUT2D eigenvalue weighted by molar-refractivity contribution is -0.125. The Morgan fingerprint density at radius 3 is 2.32 bits per heavy atom. The predicted molar refractivity (Wildman–Crippen MR) is 74.5 cm³/mol. The number of hydrogen-bond acceptors (Lipinski definition) is 3. The highest BCUT2D eigenvalue weighted by Crippen LogP contribution is 2.21. The molecule has 0 atom stereocenters. The van der Waals surface area contributed by atoms with Crippen molar-refractivity contribution in [3.8, 4) is 0 Å². The van der Waals surface area contributed by atoms with Crippen LogP contribution in [0.25, 0.3) is 0 Å². The summed E-state index contributed by atoms with van der Waals surface area (Å²) in [6.07, 6.45) is 0. The number of nitrogens with two attached hydrogens (primary N) is 1. The Kier molecular flexibility index (Phi) is 5.51. The van der Waals surface area contributed by atoms with E-state index in [0.29, 0.717) is 6.54 Å². The van der Waals surface area contributed by atoms with E-state index in [-0.39, 0.29) is 30.3 Å². The Labute approximate surface area is 113 Å². The van der Waals surface area contributed by atoms with Crippen molar-refractivity contribution in [1.29, 1.82) is 0 Å². The van der Waals surface area contributed by atoms with Gasteiger partial charge in [0.05, 0.1) is 13.1 Å². The van der Waals surface area contributed by atoms with Crippen LogP contribution in [0.5, 0.6) is 0 Å². The van der Waals surface area contributed by atoms with Gasteiger partial charge in [-0.2, -0.15) is 0 Å². The van der Waals surface area contributed by atoms with E-state index in [1.165, 1.54) is 0 Å². The van der Waals surface area contributed by atoms with Gasteiger partial charge in [0.1, 0.15) is 0 Å². The first-order valence-corrected chi connectivity index (χ1v) is 6.24. The topological polar surface area (TPSA) is 84.2 Å². The van der Waals surface area contributed by atoms with Crippen molar-refractivity contribution in [2.75, 3.05) is 19.6 Å². The monoisotopic (exact) mass is 263 g/mol. The van der Waals surface area contributed by atoms with Crippen molar-refractivity contribution in [2.24, 2.45) is 5.73 Å². The smallest absolute Gasteiger partial charge is 0.239 e. The van der Waals surface area contributed by atoms with E-state index in [1.54, 1.807) is 0 Å². The number of rotatable bonds is 6. The fourth-order valence-electron chi connectivity index (χ4n) is 1.62. The Hall–Kier alpha value is -1.88. The molecule has 0 radical (unpaired) electrons. The fourth-order valence-corrected chi connectivity index (χ4v) is 1.62. The Morgan fingerprint density at radius 1 is 1.11 bits per heavy atom. The molecule has 0 aliphatic rings. The number of carbonyl (C=O) groups excluding carboxylic acids is 2. The molecule has 4 N–H and O–H groups in total. The molecule has 1 aromatic rings. The van der Waals surface area contributed by atoms with Crippen molar-refractivity contribution in [3.05, 3.63) is 35.9 Å². The molecule has 0 aliphatic heterocycles. The van der Waals surface area contributed by atoms with E-state index >= 15 is 0 Å². The van der Waals surface area contributed by atoms with Gasteiger partial charge in [-0.15, -0.1) is 0 Å². The van der Waals surface area contributed by atoms with Gasteiger partial charge in [0.25, 0.3) is 0 Å². The number of carbonyl (C=O) groups is 2. The van der Waals surface area contributed by atoms with E-state index in [0.717, 1.165) is 5.56 Å². The third kappa shape index (κ3) is 5.09. The van der Waals surface area contributed by atoms with Crippen molar-refractivity contribution in [2.45, 2.75) is 19.3 Å². The molecule has 104 valence electrons. The normalized spacial score (nSPS) is 10.9. The minimum absolute atomic E-state index is 0.0408. The fraction of sp³-hybridized carbons (Fsp3) is 0.429. The first kappa shape index (κ1) is 15.2. The average molecular weight is 263 g/mol. The lowest BCUT2D eigenvalue weighted by atomic mass is 9.84.